The van der Waals surface area contributed by atoms with E-state index in [9.17, 15) is 14.7 Å². The molecule has 7 nitrogen and oxygen atoms in total. The number of aliphatic hydroxyl groups excluding tert-OH is 1. The molecule has 2 amide bonds. The van der Waals surface area contributed by atoms with Crippen LogP contribution in [-0.2, 0) is 9.59 Å². The molecule has 0 aliphatic rings. The SMILES string of the molecule is N#Cc1ccc(Cl)cc1NC(=O)C(=O)NCCC(O)c1ccco1. The van der Waals surface area contributed by atoms with Gasteiger partial charge in [0, 0.05) is 11.6 Å². The highest BCUT2D eigenvalue weighted by Gasteiger charge is 2.17. The maximum absolute atomic E-state index is 11.8. The summed E-state index contributed by atoms with van der Waals surface area (Å²) in [6, 6.07) is 9.47. The number of amides is 2. The summed E-state index contributed by atoms with van der Waals surface area (Å²) in [6.45, 7) is 0.0781. The fraction of sp³-hybridized carbons (Fsp3) is 0.188. The number of aliphatic hydroxyl groups is 1. The van der Waals surface area contributed by atoms with Crippen molar-refractivity contribution in [3.8, 4) is 6.07 Å². The van der Waals surface area contributed by atoms with E-state index in [2.05, 4.69) is 10.6 Å². The highest BCUT2D eigenvalue weighted by molar-refractivity contribution is 6.40. The molecule has 0 bridgehead atoms. The largest absolute Gasteiger partial charge is 0.467 e. The first kappa shape index (κ1) is 17.5. The summed E-state index contributed by atoms with van der Waals surface area (Å²) in [4.78, 5) is 23.6. The summed E-state index contributed by atoms with van der Waals surface area (Å²) in [5.41, 5.74) is 0.342. The zero-order valence-corrected chi connectivity index (χ0v) is 13.2. The summed E-state index contributed by atoms with van der Waals surface area (Å²) >= 11 is 5.81. The lowest BCUT2D eigenvalue weighted by atomic mass is 10.2. The van der Waals surface area contributed by atoms with Gasteiger partial charge in [0.05, 0.1) is 17.5 Å². The number of nitrogens with zero attached hydrogens (tertiary/aromatic N) is 1. The molecule has 0 aliphatic heterocycles. The zero-order chi connectivity index (χ0) is 17.5. The first-order chi connectivity index (χ1) is 11.5. The molecule has 2 rings (SSSR count). The number of hydrogen-bond donors (Lipinski definition) is 3. The maximum Gasteiger partial charge on any atom is 0.313 e. The van der Waals surface area contributed by atoms with Crippen molar-refractivity contribution in [1.29, 1.82) is 5.26 Å². The molecule has 2 aromatic rings. The van der Waals surface area contributed by atoms with E-state index < -0.39 is 17.9 Å². The highest BCUT2D eigenvalue weighted by atomic mass is 35.5. The Labute approximate surface area is 142 Å². The van der Waals surface area contributed by atoms with Gasteiger partial charge in [-0.2, -0.15) is 5.26 Å². The number of carbonyl (C=O) groups is 2. The van der Waals surface area contributed by atoms with E-state index in [1.807, 2.05) is 6.07 Å². The molecule has 24 heavy (non-hydrogen) atoms. The number of rotatable bonds is 5. The van der Waals surface area contributed by atoms with Gasteiger partial charge in [0.15, 0.2) is 0 Å². The predicted octanol–water partition coefficient (Wildman–Crippen LogP) is 1.98. The number of halogens is 1. The first-order valence-electron chi connectivity index (χ1n) is 7.01. The van der Waals surface area contributed by atoms with Crippen LogP contribution in [0, 0.1) is 11.3 Å². The number of nitrogens with one attached hydrogen (secondary N) is 2. The van der Waals surface area contributed by atoms with Gasteiger partial charge in [-0.15, -0.1) is 0 Å². The second-order valence-electron chi connectivity index (χ2n) is 4.83. The Morgan fingerprint density at radius 2 is 2.12 bits per heavy atom. The van der Waals surface area contributed by atoms with Crippen LogP contribution in [0.2, 0.25) is 5.02 Å². The number of nitriles is 1. The van der Waals surface area contributed by atoms with Crippen molar-refractivity contribution in [3.05, 3.63) is 52.9 Å². The number of anilines is 1. The van der Waals surface area contributed by atoms with E-state index >= 15 is 0 Å². The Kier molecular flexibility index (Phi) is 5.95. The number of benzene rings is 1. The van der Waals surface area contributed by atoms with Crippen molar-refractivity contribution in [1.82, 2.24) is 5.32 Å². The molecule has 124 valence electrons. The summed E-state index contributed by atoms with van der Waals surface area (Å²) < 4.78 is 5.03. The average Bonchev–Trinajstić information content (AvgIpc) is 3.09. The van der Waals surface area contributed by atoms with Crippen molar-refractivity contribution < 1.29 is 19.1 Å². The minimum absolute atomic E-state index is 0.0781. The van der Waals surface area contributed by atoms with Crippen LogP contribution < -0.4 is 10.6 Å². The van der Waals surface area contributed by atoms with Crippen LogP contribution in [0.4, 0.5) is 5.69 Å². The summed E-state index contributed by atoms with van der Waals surface area (Å²) in [5, 5.41) is 23.8. The monoisotopic (exact) mass is 347 g/mol. The Hall–Kier alpha value is -2.82. The second-order valence-corrected chi connectivity index (χ2v) is 5.27. The van der Waals surface area contributed by atoms with Gasteiger partial charge in [0.2, 0.25) is 0 Å². The fourth-order valence-electron chi connectivity index (χ4n) is 1.92. The average molecular weight is 348 g/mol. The molecule has 3 N–H and O–H groups in total. The first-order valence-corrected chi connectivity index (χ1v) is 7.39. The van der Waals surface area contributed by atoms with Crippen LogP contribution in [0.3, 0.4) is 0 Å². The molecule has 0 fully saturated rings. The van der Waals surface area contributed by atoms with Crippen LogP contribution in [0.25, 0.3) is 0 Å². The van der Waals surface area contributed by atoms with E-state index in [4.69, 9.17) is 21.3 Å². The summed E-state index contributed by atoms with van der Waals surface area (Å²) in [5.74, 6) is -1.43. The number of furan rings is 1. The lowest BCUT2D eigenvalue weighted by Gasteiger charge is -2.10. The third-order valence-corrected chi connectivity index (χ3v) is 3.37. The van der Waals surface area contributed by atoms with E-state index in [-0.39, 0.29) is 24.2 Å². The molecule has 1 heterocycles. The third-order valence-electron chi connectivity index (χ3n) is 3.13. The summed E-state index contributed by atoms with van der Waals surface area (Å²) in [6.07, 6.45) is 0.747. The summed E-state index contributed by atoms with van der Waals surface area (Å²) in [7, 11) is 0. The lowest BCUT2D eigenvalue weighted by Crippen LogP contribution is -2.36. The minimum atomic E-state index is -0.929. The van der Waals surface area contributed by atoms with Crippen molar-refractivity contribution >= 4 is 29.1 Å². The van der Waals surface area contributed by atoms with Gasteiger partial charge < -0.3 is 20.2 Å². The van der Waals surface area contributed by atoms with E-state index in [0.29, 0.717) is 10.8 Å². The molecule has 1 atom stereocenters. The van der Waals surface area contributed by atoms with E-state index in [1.54, 1.807) is 12.1 Å². The Balaban J connectivity index is 1.86. The van der Waals surface area contributed by atoms with Gasteiger partial charge in [0.1, 0.15) is 17.9 Å². The third kappa shape index (κ3) is 4.59. The van der Waals surface area contributed by atoms with Crippen LogP contribution in [0.1, 0.15) is 23.8 Å². The molecule has 0 radical (unpaired) electrons. The van der Waals surface area contributed by atoms with Crippen LogP contribution >= 0.6 is 11.6 Å². The van der Waals surface area contributed by atoms with Crippen molar-refractivity contribution in [2.45, 2.75) is 12.5 Å². The normalized spacial score (nSPS) is 11.4. The van der Waals surface area contributed by atoms with E-state index in [1.165, 1.54) is 24.5 Å². The fourth-order valence-corrected chi connectivity index (χ4v) is 2.09. The van der Waals surface area contributed by atoms with Gasteiger partial charge in [-0.05, 0) is 36.8 Å². The molecule has 1 aromatic carbocycles. The second kappa shape index (κ2) is 8.15. The van der Waals surface area contributed by atoms with Gasteiger partial charge in [0.25, 0.3) is 0 Å². The molecule has 8 heteroatoms. The van der Waals surface area contributed by atoms with Gasteiger partial charge >= 0.3 is 11.8 Å². The molecule has 1 aromatic heterocycles. The molecular weight excluding hydrogens is 334 g/mol. The lowest BCUT2D eigenvalue weighted by molar-refractivity contribution is -0.136. The van der Waals surface area contributed by atoms with Crippen molar-refractivity contribution in [3.63, 3.8) is 0 Å². The quantitative estimate of drug-likeness (QED) is 0.715. The van der Waals surface area contributed by atoms with Gasteiger partial charge in [-0.25, -0.2) is 0 Å². The Bertz CT molecular complexity index is 768. The smallest absolute Gasteiger partial charge is 0.313 e. The van der Waals surface area contributed by atoms with Crippen LogP contribution in [0.15, 0.2) is 41.0 Å². The number of hydrogen-bond acceptors (Lipinski definition) is 5. The standard InChI is InChI=1S/C16H14ClN3O4/c17-11-4-3-10(9-18)12(8-11)20-16(23)15(22)19-6-5-13(21)14-2-1-7-24-14/h1-4,7-8,13,21H,5-6H2,(H,19,22)(H,20,23). The van der Waals surface area contributed by atoms with Crippen molar-refractivity contribution in [2.24, 2.45) is 0 Å². The van der Waals surface area contributed by atoms with Gasteiger partial charge in [-0.3, -0.25) is 9.59 Å². The minimum Gasteiger partial charge on any atom is -0.467 e. The zero-order valence-electron chi connectivity index (χ0n) is 12.5. The Morgan fingerprint density at radius 3 is 2.79 bits per heavy atom. The number of carbonyl (C=O) groups excluding carboxylic acids is 2. The van der Waals surface area contributed by atoms with Crippen LogP contribution in [-0.4, -0.2) is 23.5 Å². The Morgan fingerprint density at radius 1 is 1.33 bits per heavy atom. The van der Waals surface area contributed by atoms with E-state index in [0.717, 1.165) is 0 Å². The highest BCUT2D eigenvalue weighted by Crippen LogP contribution is 2.20. The molecule has 0 saturated carbocycles. The van der Waals surface area contributed by atoms with Crippen molar-refractivity contribution in [2.75, 3.05) is 11.9 Å². The predicted molar refractivity (Wildman–Crippen MR) is 86.1 cm³/mol. The molecular formula is C16H14ClN3O4. The van der Waals surface area contributed by atoms with Gasteiger partial charge in [-0.1, -0.05) is 11.6 Å². The molecule has 0 spiro atoms. The molecule has 0 saturated heterocycles. The maximum atomic E-state index is 11.8. The molecule has 0 aliphatic carbocycles. The topological polar surface area (TPSA) is 115 Å². The molecule has 1 unspecified atom stereocenters. The van der Waals surface area contributed by atoms with Crippen LogP contribution in [0.5, 0.6) is 0 Å².